The minimum atomic E-state index is -2.05. The lowest BCUT2D eigenvalue weighted by molar-refractivity contribution is 0.00578. The second-order valence-corrected chi connectivity index (χ2v) is 22.4. The highest BCUT2D eigenvalue weighted by Crippen LogP contribution is 2.46. The second-order valence-electron chi connectivity index (χ2n) is 16.6. The molecule has 2 fully saturated rings. The normalized spacial score (nSPS) is 22.8. The third-order valence-corrected chi connectivity index (χ3v) is 17.7. The van der Waals surface area contributed by atoms with E-state index in [2.05, 4.69) is 106 Å². The molecular formula is C36H60BN3O4Si. The zero-order valence-electron chi connectivity index (χ0n) is 30.9. The molecule has 2 aliphatic heterocycles. The van der Waals surface area contributed by atoms with E-state index < -0.39 is 32.2 Å². The number of nitrogens with zero attached hydrogens (tertiary/aromatic N) is 3. The Morgan fingerprint density at radius 2 is 1.62 bits per heavy atom. The van der Waals surface area contributed by atoms with Crippen LogP contribution in [0, 0.1) is 18.8 Å². The third kappa shape index (κ3) is 6.55. The van der Waals surface area contributed by atoms with Crippen LogP contribution in [0.15, 0.2) is 24.4 Å². The number of rotatable bonds is 7. The van der Waals surface area contributed by atoms with E-state index in [9.17, 15) is 4.79 Å². The van der Waals surface area contributed by atoms with Crippen LogP contribution in [0.1, 0.15) is 114 Å². The van der Waals surface area contributed by atoms with E-state index >= 15 is 0 Å². The molecule has 0 radical (unpaired) electrons. The number of hydrogen-bond acceptors (Lipinski definition) is 5. The van der Waals surface area contributed by atoms with Crippen molar-refractivity contribution in [3.05, 3.63) is 35.6 Å². The fourth-order valence-corrected chi connectivity index (χ4v) is 14.7. The molecule has 2 aromatic heterocycles. The Hall–Kier alpha value is -2.10. The summed E-state index contributed by atoms with van der Waals surface area (Å²) in [5, 5.41) is 1.16. The number of hydrogen-bond donors (Lipinski definition) is 0. The Kier molecular flexibility index (Phi) is 9.93. The summed E-state index contributed by atoms with van der Waals surface area (Å²) in [5.41, 5.74) is 4.71. The van der Waals surface area contributed by atoms with Gasteiger partial charge in [0.25, 0.3) is 0 Å². The molecule has 2 saturated heterocycles. The summed E-state index contributed by atoms with van der Waals surface area (Å²) in [4.78, 5) is 20.4. The molecular weight excluding hydrogens is 577 g/mol. The maximum absolute atomic E-state index is 13.4. The number of piperidine rings is 1. The van der Waals surface area contributed by atoms with Crippen LogP contribution in [0.4, 0.5) is 4.79 Å². The molecule has 1 amide bonds. The summed E-state index contributed by atoms with van der Waals surface area (Å²) in [5.74, 6) is 2.62. The van der Waals surface area contributed by atoms with Gasteiger partial charge < -0.3 is 23.2 Å². The summed E-state index contributed by atoms with van der Waals surface area (Å²) in [6.07, 6.45) is 5.00. The van der Waals surface area contributed by atoms with Gasteiger partial charge in [-0.15, -0.1) is 0 Å². The van der Waals surface area contributed by atoms with Crippen LogP contribution in [0.5, 0.6) is 0 Å². The van der Waals surface area contributed by atoms with Crippen LogP contribution in [0.2, 0.25) is 16.6 Å². The number of aromatic nitrogens is 2. The fourth-order valence-electron chi connectivity index (χ4n) is 8.18. The topological polar surface area (TPSA) is 65.8 Å². The smallest absolute Gasteiger partial charge is 0.444 e. The maximum atomic E-state index is 13.4. The van der Waals surface area contributed by atoms with Crippen molar-refractivity contribution < 1.29 is 18.8 Å². The highest BCUT2D eigenvalue weighted by atomic mass is 28.3. The zero-order chi connectivity index (χ0) is 33.9. The van der Waals surface area contributed by atoms with Crippen molar-refractivity contribution in [1.82, 2.24) is 14.1 Å². The van der Waals surface area contributed by atoms with Gasteiger partial charge in [0, 0.05) is 30.6 Å². The summed E-state index contributed by atoms with van der Waals surface area (Å²) in [6, 6.07) is 2.29. The molecule has 4 heterocycles. The molecule has 250 valence electrons. The van der Waals surface area contributed by atoms with Crippen LogP contribution in [0.3, 0.4) is 0 Å². The van der Waals surface area contributed by atoms with Gasteiger partial charge in [-0.1, -0.05) is 54.4 Å². The summed E-state index contributed by atoms with van der Waals surface area (Å²) < 4.78 is 21.6. The first kappa shape index (κ1) is 35.8. The molecule has 0 aliphatic carbocycles. The molecule has 2 atom stereocenters. The lowest BCUT2D eigenvalue weighted by Gasteiger charge is -2.44. The number of carbonyl (C=O) groups excluding carboxylic acids is 1. The zero-order valence-corrected chi connectivity index (χ0v) is 31.9. The molecule has 0 aromatic carbocycles. The van der Waals surface area contributed by atoms with Crippen molar-refractivity contribution >= 4 is 38.1 Å². The van der Waals surface area contributed by atoms with Crippen LogP contribution >= 0.6 is 0 Å². The van der Waals surface area contributed by atoms with Crippen LogP contribution in [-0.2, 0) is 14.0 Å². The Bertz CT molecular complexity index is 1380. The molecule has 7 nitrogen and oxygen atoms in total. The van der Waals surface area contributed by atoms with Gasteiger partial charge in [-0.05, 0) is 113 Å². The maximum Gasteiger partial charge on any atom is 0.487 e. The van der Waals surface area contributed by atoms with Crippen molar-refractivity contribution in [3.63, 3.8) is 0 Å². The molecule has 4 rings (SSSR count). The van der Waals surface area contributed by atoms with Crippen molar-refractivity contribution in [2.45, 2.75) is 144 Å². The number of aryl methyl sites for hydroxylation is 1. The number of pyridine rings is 1. The van der Waals surface area contributed by atoms with E-state index in [0.717, 1.165) is 23.0 Å². The number of amides is 1. The van der Waals surface area contributed by atoms with E-state index in [1.54, 1.807) is 0 Å². The molecule has 0 unspecified atom stereocenters. The van der Waals surface area contributed by atoms with Gasteiger partial charge in [0.2, 0.25) is 0 Å². The van der Waals surface area contributed by atoms with E-state index in [1.807, 2.05) is 31.9 Å². The molecule has 45 heavy (non-hydrogen) atoms. The average Bonchev–Trinajstić information content (AvgIpc) is 3.38. The third-order valence-electron chi connectivity index (χ3n) is 11.0. The lowest BCUT2D eigenvalue weighted by Crippen LogP contribution is -2.51. The van der Waals surface area contributed by atoms with E-state index in [-0.39, 0.29) is 12.0 Å². The largest absolute Gasteiger partial charge is 0.487 e. The summed E-state index contributed by atoms with van der Waals surface area (Å²) in [6.45, 7) is 34.3. The minimum Gasteiger partial charge on any atom is -0.444 e. The minimum absolute atomic E-state index is 0.0697. The standard InChI is InChI=1S/C36H60BN3O4Si/c1-23(2)45(24(3)4,25(5)6)40-19-17-28-31(27(8)21-38-32(28)40)29(20-37-43-35(12,13)36(14,15)44-37)30-22-39(18-16-26(30)7)33(41)42-34(9,10)11/h17,19-21,23-26,30H,16,18,22H2,1-15H3/b29-20-/t26-,30+/m0/s1. The highest BCUT2D eigenvalue weighted by molar-refractivity contribution is 6.82. The van der Waals surface area contributed by atoms with E-state index in [0.29, 0.717) is 35.6 Å². The van der Waals surface area contributed by atoms with Crippen molar-refractivity contribution in [3.8, 4) is 0 Å². The monoisotopic (exact) mass is 637 g/mol. The van der Waals surface area contributed by atoms with Gasteiger partial charge in [0.05, 0.1) is 11.2 Å². The molecule has 2 aromatic rings. The van der Waals surface area contributed by atoms with Crippen molar-refractivity contribution in [1.29, 1.82) is 0 Å². The predicted molar refractivity (Wildman–Crippen MR) is 190 cm³/mol. The second kappa shape index (κ2) is 12.5. The molecule has 0 spiro atoms. The van der Waals surface area contributed by atoms with Crippen LogP contribution in [-0.4, -0.2) is 65.5 Å². The predicted octanol–water partition coefficient (Wildman–Crippen LogP) is 9.28. The number of carbonyl (C=O) groups is 1. The molecule has 0 saturated carbocycles. The van der Waals surface area contributed by atoms with Gasteiger partial charge in [-0.2, -0.15) is 0 Å². The first-order chi connectivity index (χ1) is 20.6. The number of fused-ring (bicyclic) bond motifs is 1. The Morgan fingerprint density at radius 3 is 2.13 bits per heavy atom. The summed E-state index contributed by atoms with van der Waals surface area (Å²) >= 11 is 0. The van der Waals surface area contributed by atoms with Crippen molar-refractivity contribution in [2.75, 3.05) is 13.1 Å². The number of ether oxygens (including phenoxy) is 1. The SMILES string of the molecule is Cc1cnc2c(ccn2[Si](C(C)C)(C(C)C)C(C)C)c1/C(=C\B1OC(C)(C)C(C)(C)O1)[C@@H]1CN(C(=O)OC(C)(C)C)CC[C@@H]1C. The molecule has 0 N–H and O–H groups in total. The van der Waals surface area contributed by atoms with E-state index in [4.69, 9.17) is 19.0 Å². The first-order valence-electron chi connectivity index (χ1n) is 17.2. The van der Waals surface area contributed by atoms with Gasteiger partial charge in [-0.25, -0.2) is 9.78 Å². The van der Waals surface area contributed by atoms with Crippen molar-refractivity contribution in [2.24, 2.45) is 11.8 Å². The summed E-state index contributed by atoms with van der Waals surface area (Å²) in [7, 11) is -2.56. The molecule has 2 aliphatic rings. The van der Waals surface area contributed by atoms with Gasteiger partial charge in [0.1, 0.15) is 11.2 Å². The molecule has 9 heteroatoms. The van der Waals surface area contributed by atoms with E-state index in [1.165, 1.54) is 11.1 Å². The Labute approximate surface area is 274 Å². The lowest BCUT2D eigenvalue weighted by atomic mass is 9.73. The Morgan fingerprint density at radius 1 is 1.07 bits per heavy atom. The number of likely N-dealkylation sites (tertiary alicyclic amines) is 1. The quantitative estimate of drug-likeness (QED) is 0.283. The highest BCUT2D eigenvalue weighted by Gasteiger charge is 2.51. The first-order valence-corrected chi connectivity index (χ1v) is 19.3. The fraction of sp³-hybridized carbons (Fsp3) is 0.722. The van der Waals surface area contributed by atoms with Gasteiger partial charge >= 0.3 is 13.2 Å². The molecule has 0 bridgehead atoms. The van der Waals surface area contributed by atoms with Gasteiger partial charge in [-0.3, -0.25) is 0 Å². The van der Waals surface area contributed by atoms with Crippen LogP contribution < -0.4 is 0 Å². The van der Waals surface area contributed by atoms with Gasteiger partial charge in [0.15, 0.2) is 8.24 Å². The van der Waals surface area contributed by atoms with Crippen LogP contribution in [0.25, 0.3) is 16.6 Å². The Balaban J connectivity index is 1.94. The average molecular weight is 638 g/mol.